The molecule has 0 radical (unpaired) electrons. The van der Waals surface area contributed by atoms with Crippen LogP contribution >= 0.6 is 11.3 Å². The number of halogens is 3. The van der Waals surface area contributed by atoms with Crippen molar-refractivity contribution in [1.29, 1.82) is 0 Å². The van der Waals surface area contributed by atoms with E-state index in [1.807, 2.05) is 11.3 Å². The standard InChI is InChI=1S/C15H22N2OS.C2HF3O2/c1-12-3-4-14(19-12)11-16-8-5-15(6-9-16)7-10-17(15)13(2)18;3-2(4,5)1(6)7/h3-4H,5-11H2,1-2H3;(H,6,7). The van der Waals surface area contributed by atoms with Crippen LogP contribution in [0.5, 0.6) is 0 Å². The minimum atomic E-state index is -5.08. The molecule has 0 unspecified atom stereocenters. The van der Waals surface area contributed by atoms with E-state index in [4.69, 9.17) is 9.90 Å². The number of aryl methyl sites for hydroxylation is 1. The van der Waals surface area contributed by atoms with Gasteiger partial charge in [0.1, 0.15) is 0 Å². The maximum Gasteiger partial charge on any atom is 0.490 e. The average molecular weight is 392 g/mol. The minimum Gasteiger partial charge on any atom is -0.475 e. The predicted molar refractivity (Wildman–Crippen MR) is 92.0 cm³/mol. The van der Waals surface area contributed by atoms with Crippen LogP contribution in [0.25, 0.3) is 0 Å². The van der Waals surface area contributed by atoms with Crippen molar-refractivity contribution in [2.75, 3.05) is 19.6 Å². The third kappa shape index (κ3) is 4.97. The first-order valence-corrected chi connectivity index (χ1v) is 9.21. The second kappa shape index (κ2) is 7.96. The normalized spacial score (nSPS) is 19.5. The molecule has 0 aliphatic carbocycles. The fourth-order valence-electron chi connectivity index (χ4n) is 3.47. The highest BCUT2D eigenvalue weighted by atomic mass is 32.1. The Labute approximate surface area is 154 Å². The van der Waals surface area contributed by atoms with Crippen LogP contribution in [0.3, 0.4) is 0 Å². The van der Waals surface area contributed by atoms with E-state index in [1.165, 1.54) is 16.2 Å². The van der Waals surface area contributed by atoms with Crippen LogP contribution in [0.1, 0.15) is 35.9 Å². The third-order valence-corrected chi connectivity index (χ3v) is 5.94. The van der Waals surface area contributed by atoms with Crippen molar-refractivity contribution in [2.45, 2.75) is 51.4 Å². The molecule has 2 saturated heterocycles. The van der Waals surface area contributed by atoms with Crippen molar-refractivity contribution in [2.24, 2.45) is 0 Å². The number of carboxylic acid groups (broad SMARTS) is 1. The zero-order valence-corrected chi connectivity index (χ0v) is 15.6. The number of nitrogens with zero attached hydrogens (tertiary/aromatic N) is 2. The Kier molecular flexibility index (Phi) is 6.33. The summed E-state index contributed by atoms with van der Waals surface area (Å²) in [6, 6.07) is 4.45. The molecule has 3 heterocycles. The molecule has 2 aliphatic rings. The first-order chi connectivity index (χ1) is 12.0. The van der Waals surface area contributed by atoms with Crippen molar-refractivity contribution in [3.63, 3.8) is 0 Å². The average Bonchev–Trinajstić information content (AvgIpc) is 2.91. The molecule has 3 rings (SSSR count). The summed E-state index contributed by atoms with van der Waals surface area (Å²) in [5.41, 5.74) is 0.216. The quantitative estimate of drug-likeness (QED) is 0.839. The Bertz CT molecular complexity index is 652. The number of carboxylic acids is 1. The molecule has 1 N–H and O–H groups in total. The zero-order chi connectivity index (χ0) is 19.5. The number of amides is 1. The second-order valence-electron chi connectivity index (χ2n) is 6.74. The van der Waals surface area contributed by atoms with Crippen molar-refractivity contribution in [3.05, 3.63) is 21.9 Å². The van der Waals surface area contributed by atoms with E-state index in [-0.39, 0.29) is 11.4 Å². The van der Waals surface area contributed by atoms with Gasteiger partial charge in [-0.15, -0.1) is 11.3 Å². The number of likely N-dealkylation sites (tertiary alicyclic amines) is 2. The summed E-state index contributed by atoms with van der Waals surface area (Å²) in [7, 11) is 0. The molecule has 0 bridgehead atoms. The van der Waals surface area contributed by atoms with Gasteiger partial charge in [-0.3, -0.25) is 9.69 Å². The highest BCUT2D eigenvalue weighted by Gasteiger charge is 2.47. The van der Waals surface area contributed by atoms with E-state index in [1.54, 1.807) is 6.92 Å². The fourth-order valence-corrected chi connectivity index (χ4v) is 4.40. The Hall–Kier alpha value is -1.61. The summed E-state index contributed by atoms with van der Waals surface area (Å²) in [6.07, 6.45) is -1.58. The van der Waals surface area contributed by atoms with Gasteiger partial charge in [-0.1, -0.05) is 0 Å². The van der Waals surface area contributed by atoms with E-state index in [0.29, 0.717) is 0 Å². The Morgan fingerprint density at radius 2 is 1.73 bits per heavy atom. The Balaban J connectivity index is 0.000000298. The number of carbonyl (C=O) groups is 2. The van der Waals surface area contributed by atoms with Gasteiger partial charge in [-0.2, -0.15) is 13.2 Å². The smallest absolute Gasteiger partial charge is 0.475 e. The van der Waals surface area contributed by atoms with Crippen molar-refractivity contribution < 1.29 is 27.9 Å². The fraction of sp³-hybridized carbons (Fsp3) is 0.647. The molecule has 5 nitrogen and oxygen atoms in total. The number of carbonyl (C=O) groups excluding carboxylic acids is 1. The van der Waals surface area contributed by atoms with Crippen LogP contribution in [0.2, 0.25) is 0 Å². The molecule has 1 amide bonds. The van der Waals surface area contributed by atoms with Gasteiger partial charge >= 0.3 is 12.1 Å². The molecule has 1 aromatic rings. The van der Waals surface area contributed by atoms with Crippen molar-refractivity contribution in [1.82, 2.24) is 9.80 Å². The van der Waals surface area contributed by atoms with E-state index < -0.39 is 12.1 Å². The van der Waals surface area contributed by atoms with Crippen LogP contribution < -0.4 is 0 Å². The van der Waals surface area contributed by atoms with Gasteiger partial charge in [0.15, 0.2) is 0 Å². The molecule has 2 fully saturated rings. The van der Waals surface area contributed by atoms with E-state index in [9.17, 15) is 18.0 Å². The SMILES string of the molecule is CC(=O)N1CCC12CCN(Cc1ccc(C)s1)CC2.O=C(O)C(F)(F)F. The molecule has 1 spiro atoms. The molecule has 1 aromatic heterocycles. The number of aliphatic carboxylic acids is 1. The highest BCUT2D eigenvalue weighted by molar-refractivity contribution is 7.11. The van der Waals surface area contributed by atoms with Gasteiger partial charge in [0.25, 0.3) is 0 Å². The lowest BCUT2D eigenvalue weighted by Gasteiger charge is -2.56. The molecule has 26 heavy (non-hydrogen) atoms. The lowest BCUT2D eigenvalue weighted by atomic mass is 9.76. The van der Waals surface area contributed by atoms with Gasteiger partial charge in [0.05, 0.1) is 0 Å². The molecule has 0 atom stereocenters. The van der Waals surface area contributed by atoms with Gasteiger partial charge in [0.2, 0.25) is 5.91 Å². The summed E-state index contributed by atoms with van der Waals surface area (Å²) in [6.45, 7) is 8.18. The number of rotatable bonds is 2. The summed E-state index contributed by atoms with van der Waals surface area (Å²) < 4.78 is 31.7. The number of piperidine rings is 1. The van der Waals surface area contributed by atoms with Gasteiger partial charge < -0.3 is 10.0 Å². The maximum absolute atomic E-state index is 11.6. The van der Waals surface area contributed by atoms with Gasteiger partial charge in [0, 0.05) is 48.4 Å². The van der Waals surface area contributed by atoms with E-state index in [2.05, 4.69) is 28.9 Å². The second-order valence-corrected chi connectivity index (χ2v) is 8.11. The lowest BCUT2D eigenvalue weighted by Crippen LogP contribution is -2.65. The molecule has 0 aromatic carbocycles. The van der Waals surface area contributed by atoms with Crippen LogP contribution in [-0.4, -0.2) is 58.1 Å². The first kappa shape index (κ1) is 20.7. The zero-order valence-electron chi connectivity index (χ0n) is 14.8. The minimum absolute atomic E-state index is 0.216. The highest BCUT2D eigenvalue weighted by Crippen LogP contribution is 2.40. The van der Waals surface area contributed by atoms with Crippen LogP contribution in [-0.2, 0) is 16.1 Å². The number of alkyl halides is 3. The molecule has 0 saturated carbocycles. The van der Waals surface area contributed by atoms with Gasteiger partial charge in [-0.25, -0.2) is 4.79 Å². The van der Waals surface area contributed by atoms with Crippen molar-refractivity contribution in [3.8, 4) is 0 Å². The van der Waals surface area contributed by atoms with Crippen LogP contribution in [0, 0.1) is 6.92 Å². The maximum atomic E-state index is 11.6. The number of hydrogen-bond acceptors (Lipinski definition) is 4. The number of hydrogen-bond donors (Lipinski definition) is 1. The number of thiophene rings is 1. The molecule has 2 aliphatic heterocycles. The van der Waals surface area contributed by atoms with Crippen LogP contribution in [0.15, 0.2) is 12.1 Å². The topological polar surface area (TPSA) is 60.9 Å². The monoisotopic (exact) mass is 392 g/mol. The molecular weight excluding hydrogens is 369 g/mol. The summed E-state index contributed by atoms with van der Waals surface area (Å²) in [5, 5.41) is 7.12. The summed E-state index contributed by atoms with van der Waals surface area (Å²) >= 11 is 1.90. The van der Waals surface area contributed by atoms with E-state index in [0.717, 1.165) is 39.0 Å². The van der Waals surface area contributed by atoms with Crippen LogP contribution in [0.4, 0.5) is 13.2 Å². The Morgan fingerprint density at radius 3 is 2.08 bits per heavy atom. The summed E-state index contributed by atoms with van der Waals surface area (Å²) in [5.74, 6) is -2.50. The third-order valence-electron chi connectivity index (χ3n) is 4.96. The first-order valence-electron chi connectivity index (χ1n) is 8.39. The van der Waals surface area contributed by atoms with Crippen molar-refractivity contribution >= 4 is 23.2 Å². The molecule has 9 heteroatoms. The van der Waals surface area contributed by atoms with Gasteiger partial charge in [-0.05, 0) is 38.3 Å². The summed E-state index contributed by atoms with van der Waals surface area (Å²) in [4.78, 5) is 28.0. The molecular formula is C17H23F3N2O3S. The largest absolute Gasteiger partial charge is 0.490 e. The lowest BCUT2D eigenvalue weighted by molar-refractivity contribution is -0.192. The predicted octanol–water partition coefficient (Wildman–Crippen LogP) is 3.28. The van der Waals surface area contributed by atoms with E-state index >= 15 is 0 Å². The Morgan fingerprint density at radius 1 is 1.19 bits per heavy atom. The molecule has 146 valence electrons.